The molecular weight excluding hydrogens is 224 g/mol. The molecule has 0 aliphatic rings. The molecule has 16 heavy (non-hydrogen) atoms. The van der Waals surface area contributed by atoms with Crippen molar-refractivity contribution in [1.82, 2.24) is 10.1 Å². The summed E-state index contributed by atoms with van der Waals surface area (Å²) in [6.07, 6.45) is 0.539. The molecule has 0 radical (unpaired) electrons. The lowest BCUT2D eigenvalue weighted by Crippen LogP contribution is -1.82. The molecule has 0 aliphatic heterocycles. The maximum atomic E-state index is 10.4. The highest BCUT2D eigenvalue weighted by Gasteiger charge is 2.07. The molecule has 1 aromatic heterocycles. The van der Waals surface area contributed by atoms with Gasteiger partial charge in [-0.15, -0.1) is 11.8 Å². The van der Waals surface area contributed by atoms with E-state index in [4.69, 9.17) is 4.52 Å². The van der Waals surface area contributed by atoms with Crippen molar-refractivity contribution in [3.05, 3.63) is 30.2 Å². The molecule has 2 aromatic rings. The van der Waals surface area contributed by atoms with Crippen molar-refractivity contribution in [2.45, 2.75) is 11.8 Å². The van der Waals surface area contributed by atoms with E-state index in [0.717, 1.165) is 11.3 Å². The second-order valence-electron chi connectivity index (χ2n) is 3.03. The predicted molar refractivity (Wildman–Crippen MR) is 61.5 cm³/mol. The van der Waals surface area contributed by atoms with Crippen LogP contribution in [-0.4, -0.2) is 22.2 Å². The van der Waals surface area contributed by atoms with E-state index in [9.17, 15) is 4.79 Å². The Morgan fingerprint density at radius 2 is 2.12 bits per heavy atom. The monoisotopic (exact) mass is 234 g/mol. The van der Waals surface area contributed by atoms with Crippen LogP contribution in [0, 0.1) is 0 Å². The summed E-state index contributed by atoms with van der Waals surface area (Å²) < 4.78 is 4.71. The van der Waals surface area contributed by atoms with E-state index >= 15 is 0 Å². The zero-order valence-corrected chi connectivity index (χ0v) is 9.53. The van der Waals surface area contributed by atoms with Crippen LogP contribution >= 0.6 is 11.8 Å². The summed E-state index contributed by atoms with van der Waals surface area (Å²) in [5, 5.41) is 3.71. The summed E-state index contributed by atoms with van der Waals surface area (Å²) in [4.78, 5) is 15.5. The predicted octanol–water partition coefficient (Wildman–Crippen LogP) is 2.66. The largest absolute Gasteiger partial charge is 0.331 e. The van der Waals surface area contributed by atoms with Crippen LogP contribution in [0.4, 0.5) is 0 Å². The summed E-state index contributed by atoms with van der Waals surface area (Å²) in [5.74, 6) is 1.48. The lowest BCUT2D eigenvalue weighted by Gasteiger charge is -1.98. The van der Waals surface area contributed by atoms with Crippen LogP contribution in [-0.2, 0) is 0 Å². The van der Waals surface area contributed by atoms with Crippen LogP contribution in [0.2, 0.25) is 0 Å². The van der Waals surface area contributed by atoms with Crippen molar-refractivity contribution in [3.8, 4) is 11.4 Å². The Morgan fingerprint density at radius 1 is 1.38 bits per heavy atom. The molecule has 1 aromatic carbocycles. The van der Waals surface area contributed by atoms with Crippen LogP contribution in [0.25, 0.3) is 11.4 Å². The minimum absolute atomic E-state index is 0.00186. The van der Waals surface area contributed by atoms with Crippen LogP contribution in [0.3, 0.4) is 0 Å². The lowest BCUT2D eigenvalue weighted by atomic mass is 10.2. The van der Waals surface area contributed by atoms with Gasteiger partial charge in [-0.2, -0.15) is 4.98 Å². The minimum atomic E-state index is 0.00186. The van der Waals surface area contributed by atoms with Gasteiger partial charge in [-0.05, 0) is 30.0 Å². The zero-order chi connectivity index (χ0) is 11.4. The molecule has 0 aliphatic carbocycles. The molecule has 0 saturated heterocycles. The van der Waals surface area contributed by atoms with Crippen molar-refractivity contribution in [2.75, 3.05) is 5.75 Å². The highest BCUT2D eigenvalue weighted by Crippen LogP contribution is 2.22. The Hall–Kier alpha value is -1.62. The van der Waals surface area contributed by atoms with Gasteiger partial charge in [0, 0.05) is 10.5 Å². The van der Waals surface area contributed by atoms with Gasteiger partial charge in [-0.25, -0.2) is 0 Å². The Labute approximate surface area is 97.1 Å². The van der Waals surface area contributed by atoms with E-state index in [0.29, 0.717) is 12.1 Å². The topological polar surface area (TPSA) is 56.0 Å². The summed E-state index contributed by atoms with van der Waals surface area (Å²) in [7, 11) is 0. The second-order valence-corrected chi connectivity index (χ2v) is 4.37. The number of rotatable bonds is 4. The summed E-state index contributed by atoms with van der Waals surface area (Å²) >= 11 is 1.77. The van der Waals surface area contributed by atoms with Gasteiger partial charge in [0.05, 0.1) is 0 Å². The molecule has 0 N–H and O–H groups in total. The van der Waals surface area contributed by atoms with E-state index in [2.05, 4.69) is 17.1 Å². The average molecular weight is 234 g/mol. The first-order valence-corrected chi connectivity index (χ1v) is 5.84. The molecule has 5 heteroatoms. The molecular formula is C11H10N2O2S. The fourth-order valence-electron chi connectivity index (χ4n) is 1.27. The molecule has 0 atom stereocenters. The quantitative estimate of drug-likeness (QED) is 0.601. The van der Waals surface area contributed by atoms with Crippen LogP contribution in [0.5, 0.6) is 0 Å². The number of carbonyl (C=O) groups is 1. The highest BCUT2D eigenvalue weighted by atomic mass is 32.2. The van der Waals surface area contributed by atoms with Crippen molar-refractivity contribution >= 4 is 18.0 Å². The number of nitrogens with zero attached hydrogens (tertiary/aromatic N) is 2. The van der Waals surface area contributed by atoms with Gasteiger partial charge in [-0.1, -0.05) is 12.1 Å². The maximum absolute atomic E-state index is 10.4. The zero-order valence-electron chi connectivity index (χ0n) is 8.71. The van der Waals surface area contributed by atoms with Gasteiger partial charge in [0.25, 0.3) is 5.89 Å². The Balaban J connectivity index is 2.23. The number of hydrogen-bond donors (Lipinski definition) is 0. The molecule has 0 spiro atoms. The lowest BCUT2D eigenvalue weighted by molar-refractivity contribution is 0.108. The first-order chi connectivity index (χ1) is 7.83. The number of carbonyl (C=O) groups excluding carboxylic acids is 1. The average Bonchev–Trinajstić information content (AvgIpc) is 2.79. The van der Waals surface area contributed by atoms with Crippen molar-refractivity contribution in [2.24, 2.45) is 0 Å². The third-order valence-corrected chi connectivity index (χ3v) is 2.86. The molecule has 0 unspecified atom stereocenters. The van der Waals surface area contributed by atoms with Crippen LogP contribution < -0.4 is 0 Å². The molecule has 0 amide bonds. The number of aldehydes is 1. The standard InChI is InChI=1S/C11H10N2O2S/c1-2-16-9-5-3-8(4-6-9)11-12-10(7-14)15-13-11/h3-7H,2H2,1H3. The maximum Gasteiger partial charge on any atom is 0.291 e. The van der Waals surface area contributed by atoms with Crippen molar-refractivity contribution in [1.29, 1.82) is 0 Å². The molecule has 0 fully saturated rings. The summed E-state index contributed by atoms with van der Waals surface area (Å²) in [6, 6.07) is 7.83. The van der Waals surface area contributed by atoms with Gasteiger partial charge in [0.15, 0.2) is 0 Å². The number of aromatic nitrogens is 2. The van der Waals surface area contributed by atoms with E-state index in [1.54, 1.807) is 11.8 Å². The molecule has 82 valence electrons. The Morgan fingerprint density at radius 3 is 2.69 bits per heavy atom. The first-order valence-electron chi connectivity index (χ1n) is 4.85. The van der Waals surface area contributed by atoms with E-state index in [1.807, 2.05) is 24.3 Å². The molecule has 0 bridgehead atoms. The fraction of sp³-hybridized carbons (Fsp3) is 0.182. The highest BCUT2D eigenvalue weighted by molar-refractivity contribution is 7.99. The number of thioether (sulfide) groups is 1. The molecule has 4 nitrogen and oxygen atoms in total. The SMILES string of the molecule is CCSc1ccc(-c2noc(C=O)n2)cc1. The normalized spacial score (nSPS) is 10.3. The van der Waals surface area contributed by atoms with Gasteiger partial charge in [-0.3, -0.25) is 4.79 Å². The van der Waals surface area contributed by atoms with Gasteiger partial charge >= 0.3 is 0 Å². The first kappa shape index (κ1) is 10.9. The van der Waals surface area contributed by atoms with Gasteiger partial charge in [0.2, 0.25) is 12.1 Å². The van der Waals surface area contributed by atoms with E-state index in [1.165, 1.54) is 4.90 Å². The second kappa shape index (κ2) is 4.94. The number of benzene rings is 1. The van der Waals surface area contributed by atoms with Crippen molar-refractivity contribution in [3.63, 3.8) is 0 Å². The summed E-state index contributed by atoms with van der Waals surface area (Å²) in [5.41, 5.74) is 0.845. The molecule has 1 heterocycles. The number of hydrogen-bond acceptors (Lipinski definition) is 5. The third-order valence-electron chi connectivity index (χ3n) is 1.97. The van der Waals surface area contributed by atoms with Crippen LogP contribution in [0.1, 0.15) is 17.6 Å². The summed E-state index contributed by atoms with van der Waals surface area (Å²) in [6.45, 7) is 2.11. The minimum Gasteiger partial charge on any atom is -0.331 e. The molecule has 2 rings (SSSR count). The Kier molecular flexibility index (Phi) is 3.36. The Bertz CT molecular complexity index is 479. The smallest absolute Gasteiger partial charge is 0.291 e. The van der Waals surface area contributed by atoms with Gasteiger partial charge < -0.3 is 4.52 Å². The van der Waals surface area contributed by atoms with Gasteiger partial charge in [0.1, 0.15) is 0 Å². The van der Waals surface area contributed by atoms with E-state index < -0.39 is 0 Å². The molecule has 0 saturated carbocycles. The third kappa shape index (κ3) is 2.30. The fourth-order valence-corrected chi connectivity index (χ4v) is 1.93. The van der Waals surface area contributed by atoms with E-state index in [-0.39, 0.29) is 5.89 Å². The van der Waals surface area contributed by atoms with Crippen molar-refractivity contribution < 1.29 is 9.32 Å². The van der Waals surface area contributed by atoms with Crippen LogP contribution in [0.15, 0.2) is 33.7 Å².